The molecule has 21 heavy (non-hydrogen) atoms. The molecule has 3 rings (SSSR count). The van der Waals surface area contributed by atoms with Crippen molar-refractivity contribution in [2.75, 3.05) is 19.8 Å². The molecule has 0 radical (unpaired) electrons. The van der Waals surface area contributed by atoms with Gasteiger partial charge in [0.05, 0.1) is 19.8 Å². The minimum atomic E-state index is -1.15. The molecule has 110 valence electrons. The number of hydrogen-bond donors (Lipinski definition) is 1. The van der Waals surface area contributed by atoms with Crippen molar-refractivity contribution in [2.24, 2.45) is 5.41 Å². The Morgan fingerprint density at radius 3 is 2.81 bits per heavy atom. The van der Waals surface area contributed by atoms with Crippen LogP contribution in [-0.2, 0) is 4.74 Å². The van der Waals surface area contributed by atoms with E-state index in [9.17, 15) is 4.79 Å². The van der Waals surface area contributed by atoms with Crippen LogP contribution in [0.3, 0.4) is 0 Å². The van der Waals surface area contributed by atoms with Gasteiger partial charge in [0, 0.05) is 17.0 Å². The first-order valence-electron chi connectivity index (χ1n) is 6.57. The Bertz CT molecular complexity index is 660. The average Bonchev–Trinajstić information content (AvgIpc) is 2.93. The fourth-order valence-corrected chi connectivity index (χ4v) is 2.09. The fourth-order valence-electron chi connectivity index (χ4n) is 2.09. The number of rotatable bonds is 5. The molecule has 0 unspecified atom stereocenters. The van der Waals surface area contributed by atoms with E-state index in [0.717, 1.165) is 0 Å². The lowest BCUT2D eigenvalue weighted by Crippen LogP contribution is -2.44. The van der Waals surface area contributed by atoms with E-state index in [1.165, 1.54) is 6.07 Å². The Balaban J connectivity index is 1.82. The van der Waals surface area contributed by atoms with E-state index in [0.29, 0.717) is 36.8 Å². The van der Waals surface area contributed by atoms with Crippen LogP contribution in [-0.4, -0.2) is 36.1 Å². The standard InChI is InChI=1S/C15H15NO5/c1-15(7-19-8-15)9-20-12-5-3-2-4-10(12)11-6-13(14(17)18)21-16-11/h2-6H,7-9H2,1H3,(H,17,18). The molecular formula is C15H15NO5. The van der Waals surface area contributed by atoms with Gasteiger partial charge in [-0.2, -0.15) is 0 Å². The number of carboxylic acids is 1. The van der Waals surface area contributed by atoms with Gasteiger partial charge < -0.3 is 19.1 Å². The van der Waals surface area contributed by atoms with Crippen LogP contribution in [0.15, 0.2) is 34.9 Å². The molecule has 0 saturated carbocycles. The predicted octanol–water partition coefficient (Wildman–Crippen LogP) is 2.46. The van der Waals surface area contributed by atoms with Gasteiger partial charge in [0.25, 0.3) is 0 Å². The fraction of sp³-hybridized carbons (Fsp3) is 0.333. The Kier molecular flexibility index (Phi) is 3.39. The third kappa shape index (κ3) is 2.75. The minimum Gasteiger partial charge on any atom is -0.492 e. The summed E-state index contributed by atoms with van der Waals surface area (Å²) in [4.78, 5) is 10.9. The van der Waals surface area contributed by atoms with Crippen molar-refractivity contribution in [1.82, 2.24) is 5.16 Å². The molecule has 6 nitrogen and oxygen atoms in total. The first kappa shape index (κ1) is 13.6. The Hall–Kier alpha value is -2.34. The van der Waals surface area contributed by atoms with Crippen LogP contribution < -0.4 is 4.74 Å². The average molecular weight is 289 g/mol. The monoisotopic (exact) mass is 289 g/mol. The van der Waals surface area contributed by atoms with Crippen molar-refractivity contribution in [3.05, 3.63) is 36.1 Å². The van der Waals surface area contributed by atoms with E-state index < -0.39 is 5.97 Å². The van der Waals surface area contributed by atoms with Gasteiger partial charge in [-0.3, -0.25) is 0 Å². The third-order valence-corrected chi connectivity index (χ3v) is 3.36. The number of benzene rings is 1. The molecule has 2 heterocycles. The van der Waals surface area contributed by atoms with Crippen LogP contribution in [0.25, 0.3) is 11.3 Å². The molecule has 1 aromatic carbocycles. The SMILES string of the molecule is CC1(COc2ccccc2-c2cc(C(=O)O)on2)COC1. The zero-order valence-corrected chi connectivity index (χ0v) is 11.5. The molecule has 1 aromatic heterocycles. The summed E-state index contributed by atoms with van der Waals surface area (Å²) < 4.78 is 15.8. The highest BCUT2D eigenvalue weighted by Gasteiger charge is 2.34. The highest BCUT2D eigenvalue weighted by Crippen LogP contribution is 2.32. The summed E-state index contributed by atoms with van der Waals surface area (Å²) in [7, 11) is 0. The Labute approximate surface area is 121 Å². The topological polar surface area (TPSA) is 81.8 Å². The predicted molar refractivity (Wildman–Crippen MR) is 73.3 cm³/mol. The molecule has 6 heteroatoms. The van der Waals surface area contributed by atoms with Gasteiger partial charge in [-0.05, 0) is 12.1 Å². The molecule has 1 N–H and O–H groups in total. The van der Waals surface area contributed by atoms with Crippen LogP contribution in [0, 0.1) is 5.41 Å². The van der Waals surface area contributed by atoms with Gasteiger partial charge in [0.1, 0.15) is 11.4 Å². The number of carboxylic acid groups (broad SMARTS) is 1. The summed E-state index contributed by atoms with van der Waals surface area (Å²) in [5.41, 5.74) is 1.18. The van der Waals surface area contributed by atoms with Crippen LogP contribution in [0.5, 0.6) is 5.75 Å². The number of para-hydroxylation sites is 1. The summed E-state index contributed by atoms with van der Waals surface area (Å²) in [6.45, 7) is 4.00. The molecule has 1 saturated heterocycles. The van der Waals surface area contributed by atoms with Gasteiger partial charge >= 0.3 is 5.97 Å². The van der Waals surface area contributed by atoms with Crippen LogP contribution in [0.4, 0.5) is 0 Å². The van der Waals surface area contributed by atoms with Crippen molar-refractivity contribution in [3.63, 3.8) is 0 Å². The molecule has 2 aromatic rings. The molecule has 1 aliphatic rings. The van der Waals surface area contributed by atoms with Gasteiger partial charge in [-0.25, -0.2) is 4.79 Å². The maximum absolute atomic E-state index is 10.9. The van der Waals surface area contributed by atoms with Gasteiger partial charge in [-0.1, -0.05) is 24.2 Å². The lowest BCUT2D eigenvalue weighted by atomic mass is 9.90. The van der Waals surface area contributed by atoms with E-state index >= 15 is 0 Å². The number of carbonyl (C=O) groups is 1. The van der Waals surface area contributed by atoms with E-state index in [2.05, 4.69) is 12.1 Å². The largest absolute Gasteiger partial charge is 0.492 e. The second-order valence-corrected chi connectivity index (χ2v) is 5.47. The summed E-state index contributed by atoms with van der Waals surface area (Å²) in [5.74, 6) is -0.693. The molecule has 1 fully saturated rings. The van der Waals surface area contributed by atoms with Gasteiger partial charge in [0.2, 0.25) is 5.76 Å². The number of ether oxygens (including phenoxy) is 2. The Morgan fingerprint density at radius 1 is 1.43 bits per heavy atom. The smallest absolute Gasteiger partial charge is 0.374 e. The molecule has 0 atom stereocenters. The summed E-state index contributed by atoms with van der Waals surface area (Å²) in [6.07, 6.45) is 0. The van der Waals surface area contributed by atoms with Crippen molar-refractivity contribution < 1.29 is 23.9 Å². The van der Waals surface area contributed by atoms with E-state index in [4.69, 9.17) is 19.1 Å². The highest BCUT2D eigenvalue weighted by atomic mass is 16.5. The van der Waals surface area contributed by atoms with E-state index in [-0.39, 0.29) is 11.2 Å². The molecule has 0 bridgehead atoms. The second kappa shape index (κ2) is 5.21. The van der Waals surface area contributed by atoms with Gasteiger partial charge in [0.15, 0.2) is 0 Å². The molecule has 0 amide bonds. The summed E-state index contributed by atoms with van der Waals surface area (Å²) in [5, 5.41) is 12.7. The van der Waals surface area contributed by atoms with Crippen molar-refractivity contribution in [2.45, 2.75) is 6.92 Å². The second-order valence-electron chi connectivity index (χ2n) is 5.47. The van der Waals surface area contributed by atoms with Crippen LogP contribution in [0.2, 0.25) is 0 Å². The van der Waals surface area contributed by atoms with E-state index in [1.54, 1.807) is 0 Å². The molecular weight excluding hydrogens is 274 g/mol. The number of aromatic nitrogens is 1. The number of hydrogen-bond acceptors (Lipinski definition) is 5. The summed E-state index contributed by atoms with van der Waals surface area (Å²) >= 11 is 0. The maximum atomic E-state index is 10.9. The Morgan fingerprint density at radius 2 is 2.19 bits per heavy atom. The van der Waals surface area contributed by atoms with E-state index in [1.807, 2.05) is 24.3 Å². The number of aromatic carboxylic acids is 1. The van der Waals surface area contributed by atoms with Crippen LogP contribution >= 0.6 is 0 Å². The first-order valence-corrected chi connectivity index (χ1v) is 6.57. The lowest BCUT2D eigenvalue weighted by molar-refractivity contribution is -0.120. The minimum absolute atomic E-state index is 0.0309. The maximum Gasteiger partial charge on any atom is 0.374 e. The third-order valence-electron chi connectivity index (χ3n) is 3.36. The zero-order valence-electron chi connectivity index (χ0n) is 11.5. The van der Waals surface area contributed by atoms with Crippen molar-refractivity contribution in [3.8, 4) is 17.0 Å². The number of nitrogens with zero attached hydrogens (tertiary/aromatic N) is 1. The van der Waals surface area contributed by atoms with Gasteiger partial charge in [-0.15, -0.1) is 0 Å². The van der Waals surface area contributed by atoms with Crippen LogP contribution in [0.1, 0.15) is 17.5 Å². The quantitative estimate of drug-likeness (QED) is 0.910. The summed E-state index contributed by atoms with van der Waals surface area (Å²) in [6, 6.07) is 8.73. The normalized spacial score (nSPS) is 16.2. The zero-order chi connectivity index (χ0) is 14.9. The lowest BCUT2D eigenvalue weighted by Gasteiger charge is -2.37. The van der Waals surface area contributed by atoms with Crippen molar-refractivity contribution >= 4 is 5.97 Å². The van der Waals surface area contributed by atoms with Crippen molar-refractivity contribution in [1.29, 1.82) is 0 Å². The highest BCUT2D eigenvalue weighted by molar-refractivity contribution is 5.86. The molecule has 1 aliphatic heterocycles. The molecule has 0 spiro atoms. The first-order chi connectivity index (χ1) is 10.1. The molecule has 0 aliphatic carbocycles.